The van der Waals surface area contributed by atoms with E-state index < -0.39 is 12.2 Å². The Morgan fingerprint density at radius 3 is 2.38 bits per heavy atom. The van der Waals surface area contributed by atoms with E-state index in [1.807, 2.05) is 0 Å². The molecule has 0 aliphatic carbocycles. The fourth-order valence-electron chi connectivity index (χ4n) is 1.49. The highest BCUT2D eigenvalue weighted by molar-refractivity contribution is 6.30. The highest BCUT2D eigenvalue weighted by Crippen LogP contribution is 2.27. The van der Waals surface area contributed by atoms with Crippen molar-refractivity contribution < 1.29 is 13.2 Å². The fourth-order valence-corrected chi connectivity index (χ4v) is 1.74. The Morgan fingerprint density at radius 1 is 1.50 bits per heavy atom. The van der Waals surface area contributed by atoms with E-state index in [0.29, 0.717) is 11.3 Å². The van der Waals surface area contributed by atoms with Crippen molar-refractivity contribution in [3.63, 3.8) is 0 Å². The van der Waals surface area contributed by atoms with Crippen molar-refractivity contribution >= 4 is 11.6 Å². The van der Waals surface area contributed by atoms with Crippen LogP contribution in [0.25, 0.3) is 0 Å². The van der Waals surface area contributed by atoms with Gasteiger partial charge in [0.25, 0.3) is 0 Å². The number of aromatic nitrogens is 2. The van der Waals surface area contributed by atoms with Crippen LogP contribution < -0.4 is 5.32 Å². The van der Waals surface area contributed by atoms with Crippen molar-refractivity contribution in [1.82, 2.24) is 15.1 Å². The van der Waals surface area contributed by atoms with Crippen LogP contribution in [0.1, 0.15) is 11.3 Å². The summed E-state index contributed by atoms with van der Waals surface area (Å²) in [6.07, 6.45) is -4.50. The highest BCUT2D eigenvalue weighted by atomic mass is 35.5. The third kappa shape index (κ3) is 2.68. The number of hydrogen-bond acceptors (Lipinski definition) is 2. The van der Waals surface area contributed by atoms with Crippen molar-refractivity contribution in [3.05, 3.63) is 16.4 Å². The van der Waals surface area contributed by atoms with Gasteiger partial charge >= 0.3 is 6.18 Å². The van der Waals surface area contributed by atoms with Crippen LogP contribution >= 0.6 is 11.6 Å². The van der Waals surface area contributed by atoms with Crippen molar-refractivity contribution in [2.45, 2.75) is 25.6 Å². The zero-order valence-corrected chi connectivity index (χ0v) is 9.95. The number of hydrogen-bond donors (Lipinski definition) is 1. The molecule has 1 N–H and O–H groups in total. The normalized spacial score (nSPS) is 14.2. The second kappa shape index (κ2) is 4.63. The summed E-state index contributed by atoms with van der Waals surface area (Å²) in [5.41, 5.74) is 0.956. The lowest BCUT2D eigenvalue weighted by Crippen LogP contribution is -2.41. The smallest absolute Gasteiger partial charge is 0.309 e. The number of rotatable bonds is 3. The maximum atomic E-state index is 12.5. The quantitative estimate of drug-likeness (QED) is 0.896. The predicted octanol–water partition coefficient (Wildman–Crippen LogP) is 2.07. The van der Waals surface area contributed by atoms with E-state index in [4.69, 9.17) is 11.6 Å². The Hall–Kier alpha value is -0.750. The first-order chi connectivity index (χ1) is 7.27. The van der Waals surface area contributed by atoms with Gasteiger partial charge in [-0.2, -0.15) is 18.3 Å². The van der Waals surface area contributed by atoms with Crippen molar-refractivity contribution in [2.24, 2.45) is 7.05 Å². The molecule has 0 spiro atoms. The average Bonchev–Trinajstić information content (AvgIpc) is 2.37. The summed E-state index contributed by atoms with van der Waals surface area (Å²) in [5.74, 6) is 0. The van der Waals surface area contributed by atoms with Crippen molar-refractivity contribution in [2.75, 3.05) is 7.05 Å². The number of nitrogens with one attached hydrogen (secondary N) is 1. The Bertz CT molecular complexity index is 373. The Labute approximate surface area is 96.6 Å². The van der Waals surface area contributed by atoms with Crippen molar-refractivity contribution in [1.29, 1.82) is 0 Å². The molecular weight excluding hydrogens is 243 g/mol. The molecule has 0 aromatic carbocycles. The lowest BCUT2D eigenvalue weighted by molar-refractivity contribution is -0.154. The summed E-state index contributed by atoms with van der Waals surface area (Å²) in [6.45, 7) is 1.64. The Kier molecular flexibility index (Phi) is 3.85. The van der Waals surface area contributed by atoms with Gasteiger partial charge in [0.15, 0.2) is 0 Å². The van der Waals surface area contributed by atoms with Gasteiger partial charge in [0.05, 0.1) is 5.69 Å². The predicted molar refractivity (Wildman–Crippen MR) is 55.6 cm³/mol. The van der Waals surface area contributed by atoms with Gasteiger partial charge in [-0.1, -0.05) is 11.6 Å². The van der Waals surface area contributed by atoms with E-state index in [-0.39, 0.29) is 11.6 Å². The van der Waals surface area contributed by atoms with Gasteiger partial charge in [-0.25, -0.2) is 0 Å². The summed E-state index contributed by atoms with van der Waals surface area (Å²) in [5, 5.41) is 6.45. The van der Waals surface area contributed by atoms with E-state index in [1.54, 1.807) is 14.0 Å². The molecule has 0 amide bonds. The molecule has 0 bridgehead atoms. The molecule has 1 aromatic heterocycles. The maximum absolute atomic E-state index is 12.5. The van der Waals surface area contributed by atoms with E-state index in [9.17, 15) is 13.2 Å². The number of aryl methyl sites for hydroxylation is 2. The van der Waals surface area contributed by atoms with E-state index in [2.05, 4.69) is 10.4 Å². The Balaban J connectivity index is 2.95. The molecule has 0 fully saturated rings. The topological polar surface area (TPSA) is 29.9 Å². The lowest BCUT2D eigenvalue weighted by Gasteiger charge is -2.19. The van der Waals surface area contributed by atoms with Crippen LogP contribution in [0, 0.1) is 6.92 Å². The van der Waals surface area contributed by atoms with Gasteiger partial charge in [-0.05, 0) is 14.0 Å². The molecule has 7 heteroatoms. The van der Waals surface area contributed by atoms with E-state index in [1.165, 1.54) is 11.7 Å². The monoisotopic (exact) mass is 255 g/mol. The standard InChI is InChI=1S/C9H13ClF3N3/c1-5-6(8(10)16(3)15-5)4-7(14-2)9(11,12)13/h7,14H,4H2,1-3H3. The highest BCUT2D eigenvalue weighted by Gasteiger charge is 2.39. The van der Waals surface area contributed by atoms with Crippen LogP contribution in [0.4, 0.5) is 13.2 Å². The molecule has 0 radical (unpaired) electrons. The second-order valence-corrected chi connectivity index (χ2v) is 3.92. The molecular formula is C9H13ClF3N3. The van der Waals surface area contributed by atoms with Crippen LogP contribution in [-0.4, -0.2) is 29.0 Å². The molecule has 0 saturated carbocycles. The first-order valence-electron chi connectivity index (χ1n) is 4.69. The second-order valence-electron chi connectivity index (χ2n) is 3.57. The van der Waals surface area contributed by atoms with Crippen molar-refractivity contribution in [3.8, 4) is 0 Å². The minimum absolute atomic E-state index is 0.210. The third-order valence-corrected chi connectivity index (χ3v) is 2.89. The SMILES string of the molecule is CNC(Cc1c(C)nn(C)c1Cl)C(F)(F)F. The molecule has 16 heavy (non-hydrogen) atoms. The first kappa shape index (κ1) is 13.3. The van der Waals surface area contributed by atoms with E-state index in [0.717, 1.165) is 0 Å². The molecule has 1 atom stereocenters. The lowest BCUT2D eigenvalue weighted by atomic mass is 10.1. The molecule has 0 aliphatic heterocycles. The maximum Gasteiger partial charge on any atom is 0.404 e. The van der Waals surface area contributed by atoms with Gasteiger partial charge in [-0.3, -0.25) is 4.68 Å². The molecule has 1 aromatic rings. The number of halogens is 4. The van der Waals surface area contributed by atoms with Gasteiger partial charge in [0.2, 0.25) is 0 Å². The van der Waals surface area contributed by atoms with Gasteiger partial charge < -0.3 is 5.32 Å². The molecule has 0 saturated heterocycles. The average molecular weight is 256 g/mol. The van der Waals surface area contributed by atoms with Crippen LogP contribution in [0.15, 0.2) is 0 Å². The van der Waals surface area contributed by atoms with Crippen LogP contribution in [-0.2, 0) is 13.5 Å². The molecule has 1 rings (SSSR count). The van der Waals surface area contributed by atoms with Crippen LogP contribution in [0.2, 0.25) is 5.15 Å². The zero-order valence-electron chi connectivity index (χ0n) is 9.19. The fraction of sp³-hybridized carbons (Fsp3) is 0.667. The summed E-state index contributed by atoms with van der Waals surface area (Å²) in [6, 6.07) is -1.60. The number of nitrogens with zero attached hydrogens (tertiary/aromatic N) is 2. The van der Waals surface area contributed by atoms with Crippen LogP contribution in [0.5, 0.6) is 0 Å². The minimum Gasteiger partial charge on any atom is -0.309 e. The van der Waals surface area contributed by atoms with Gasteiger partial charge in [0, 0.05) is 19.0 Å². The first-order valence-corrected chi connectivity index (χ1v) is 5.07. The summed E-state index contributed by atoms with van der Waals surface area (Å²) >= 11 is 5.87. The molecule has 92 valence electrons. The van der Waals surface area contributed by atoms with Gasteiger partial charge in [0.1, 0.15) is 11.2 Å². The summed E-state index contributed by atoms with van der Waals surface area (Å²) in [7, 11) is 2.87. The largest absolute Gasteiger partial charge is 0.404 e. The number of alkyl halides is 3. The summed E-state index contributed by atoms with van der Waals surface area (Å²) in [4.78, 5) is 0. The molecule has 1 unspecified atom stereocenters. The van der Waals surface area contributed by atoms with E-state index >= 15 is 0 Å². The third-order valence-electron chi connectivity index (χ3n) is 2.42. The van der Waals surface area contributed by atoms with Gasteiger partial charge in [-0.15, -0.1) is 0 Å². The minimum atomic E-state index is -4.29. The Morgan fingerprint density at radius 2 is 2.06 bits per heavy atom. The zero-order chi connectivity index (χ0) is 12.5. The molecule has 0 aliphatic rings. The molecule has 1 heterocycles. The number of likely N-dealkylation sites (N-methyl/N-ethyl adjacent to an activating group) is 1. The van der Waals surface area contributed by atoms with Crippen LogP contribution in [0.3, 0.4) is 0 Å². The summed E-state index contributed by atoms with van der Waals surface area (Å²) < 4.78 is 39.0. The molecule has 3 nitrogen and oxygen atoms in total.